The summed E-state index contributed by atoms with van der Waals surface area (Å²) in [6.07, 6.45) is 3.24. The molecule has 0 aromatic rings. The van der Waals surface area contributed by atoms with Crippen molar-refractivity contribution in [2.45, 2.75) is 52.5 Å². The van der Waals surface area contributed by atoms with Gasteiger partial charge in [0.05, 0.1) is 6.61 Å². The van der Waals surface area contributed by atoms with Crippen LogP contribution in [-0.2, 0) is 0 Å². The van der Waals surface area contributed by atoms with E-state index in [1.807, 2.05) is 0 Å². The van der Waals surface area contributed by atoms with Gasteiger partial charge in [0.1, 0.15) is 0 Å². The first-order valence-electron chi connectivity index (χ1n) is 8.85. The monoisotopic (exact) mass is 299 g/mol. The third-order valence-corrected chi connectivity index (χ3v) is 4.75. The van der Waals surface area contributed by atoms with E-state index >= 15 is 0 Å². The lowest BCUT2D eigenvalue weighted by molar-refractivity contribution is 0.109. The molecule has 1 aliphatic rings. The molecule has 0 spiro atoms. The Labute approximate surface area is 131 Å². The first-order valence-corrected chi connectivity index (χ1v) is 8.85. The zero-order valence-corrected chi connectivity index (χ0v) is 14.7. The smallest absolute Gasteiger partial charge is 0.0613 e. The van der Waals surface area contributed by atoms with Gasteiger partial charge in [-0.2, -0.15) is 0 Å². The summed E-state index contributed by atoms with van der Waals surface area (Å²) in [4.78, 5) is 5.17. The molecule has 1 aliphatic heterocycles. The van der Waals surface area contributed by atoms with Crippen molar-refractivity contribution in [2.75, 3.05) is 52.4 Å². The Kier molecular flexibility index (Phi) is 8.79. The zero-order valence-electron chi connectivity index (χ0n) is 14.7. The summed E-state index contributed by atoms with van der Waals surface area (Å²) in [7, 11) is 0. The normalized spacial score (nSPS) is 20.9. The number of aliphatic hydroxyl groups excluding tert-OH is 1. The van der Waals surface area contributed by atoms with Crippen molar-refractivity contribution in [2.24, 2.45) is 5.92 Å². The molecular weight excluding hydrogens is 262 g/mol. The summed E-state index contributed by atoms with van der Waals surface area (Å²) in [6, 6.07) is 0. The molecule has 0 aliphatic carbocycles. The van der Waals surface area contributed by atoms with E-state index in [1.54, 1.807) is 0 Å². The fourth-order valence-electron chi connectivity index (χ4n) is 3.36. The van der Waals surface area contributed by atoms with Crippen LogP contribution < -0.4 is 5.32 Å². The molecule has 1 saturated heterocycles. The molecule has 4 heteroatoms. The Balaban J connectivity index is 2.24. The maximum absolute atomic E-state index is 9.68. The maximum Gasteiger partial charge on any atom is 0.0613 e. The van der Waals surface area contributed by atoms with Crippen LogP contribution in [0.2, 0.25) is 0 Å². The zero-order chi connectivity index (χ0) is 15.7. The molecule has 0 bridgehead atoms. The van der Waals surface area contributed by atoms with E-state index in [2.05, 4.69) is 42.8 Å². The number of nitrogens with one attached hydrogen (secondary N) is 1. The quantitative estimate of drug-likeness (QED) is 0.645. The Morgan fingerprint density at radius 2 is 1.71 bits per heavy atom. The average Bonchev–Trinajstić information content (AvgIpc) is 2.47. The predicted octanol–water partition coefficient (Wildman–Crippen LogP) is 1.79. The second kappa shape index (κ2) is 9.78. The van der Waals surface area contributed by atoms with Crippen molar-refractivity contribution in [3.63, 3.8) is 0 Å². The van der Waals surface area contributed by atoms with Crippen molar-refractivity contribution in [3.05, 3.63) is 0 Å². The molecule has 0 amide bonds. The highest BCUT2D eigenvalue weighted by Gasteiger charge is 2.26. The van der Waals surface area contributed by atoms with E-state index in [1.165, 1.54) is 45.7 Å². The van der Waals surface area contributed by atoms with Gasteiger partial charge in [-0.05, 0) is 38.3 Å². The van der Waals surface area contributed by atoms with E-state index in [0.29, 0.717) is 0 Å². The van der Waals surface area contributed by atoms with E-state index in [-0.39, 0.29) is 12.1 Å². The molecule has 0 aromatic carbocycles. The Hall–Kier alpha value is -0.160. The summed E-state index contributed by atoms with van der Waals surface area (Å²) in [5.41, 5.74) is -0.0613. The summed E-state index contributed by atoms with van der Waals surface area (Å²) in [6.45, 7) is 17.3. The lowest BCUT2D eigenvalue weighted by Gasteiger charge is -2.37. The molecule has 21 heavy (non-hydrogen) atoms. The molecule has 1 fully saturated rings. The van der Waals surface area contributed by atoms with Crippen LogP contribution in [0.3, 0.4) is 0 Å². The van der Waals surface area contributed by atoms with E-state index < -0.39 is 0 Å². The molecule has 1 atom stereocenters. The highest BCUT2D eigenvalue weighted by molar-refractivity contribution is 4.86. The first kappa shape index (κ1) is 18.9. The van der Waals surface area contributed by atoms with Gasteiger partial charge in [0.25, 0.3) is 0 Å². The molecule has 2 N–H and O–H groups in total. The molecule has 126 valence electrons. The molecule has 0 aromatic heterocycles. The number of aliphatic hydroxyl groups is 1. The van der Waals surface area contributed by atoms with Gasteiger partial charge >= 0.3 is 0 Å². The Morgan fingerprint density at radius 3 is 2.19 bits per heavy atom. The third-order valence-electron chi connectivity index (χ3n) is 4.75. The van der Waals surface area contributed by atoms with E-state index in [9.17, 15) is 5.11 Å². The van der Waals surface area contributed by atoms with E-state index in [0.717, 1.165) is 25.3 Å². The van der Waals surface area contributed by atoms with Crippen LogP contribution in [-0.4, -0.2) is 72.9 Å². The second-order valence-electron chi connectivity index (χ2n) is 6.96. The van der Waals surface area contributed by atoms with Crippen LogP contribution in [0.4, 0.5) is 0 Å². The van der Waals surface area contributed by atoms with Crippen LogP contribution in [0.25, 0.3) is 0 Å². The first-order chi connectivity index (χ1) is 10.0. The largest absolute Gasteiger partial charge is 0.394 e. The molecule has 1 heterocycles. The van der Waals surface area contributed by atoms with Crippen LogP contribution in [0.15, 0.2) is 0 Å². The summed E-state index contributed by atoms with van der Waals surface area (Å²) < 4.78 is 0. The lowest BCUT2D eigenvalue weighted by Crippen LogP contribution is -2.50. The lowest BCUT2D eigenvalue weighted by atomic mass is 9.91. The van der Waals surface area contributed by atoms with Crippen LogP contribution in [0.1, 0.15) is 47.0 Å². The number of hydrogen-bond acceptors (Lipinski definition) is 4. The van der Waals surface area contributed by atoms with Crippen molar-refractivity contribution < 1.29 is 5.11 Å². The fourth-order valence-corrected chi connectivity index (χ4v) is 3.36. The summed E-state index contributed by atoms with van der Waals surface area (Å²) in [5.74, 6) is 0.770. The Morgan fingerprint density at radius 1 is 1.10 bits per heavy atom. The highest BCUT2D eigenvalue weighted by atomic mass is 16.3. The van der Waals surface area contributed by atoms with Gasteiger partial charge in [-0.15, -0.1) is 0 Å². The number of nitrogens with zero attached hydrogens (tertiary/aromatic N) is 2. The molecular formula is C17H37N3O. The summed E-state index contributed by atoms with van der Waals surface area (Å²) in [5, 5.41) is 13.2. The number of hydrogen-bond donors (Lipinski definition) is 2. The second-order valence-corrected chi connectivity index (χ2v) is 6.96. The average molecular weight is 300 g/mol. The SMILES string of the molecule is CCNC(CC)(CO)CCCN1CCN(CC(C)C)CC1. The molecule has 4 nitrogen and oxygen atoms in total. The third kappa shape index (κ3) is 6.64. The van der Waals surface area contributed by atoms with Crippen molar-refractivity contribution >= 4 is 0 Å². The molecule has 0 saturated carbocycles. The fraction of sp³-hybridized carbons (Fsp3) is 1.00. The van der Waals surface area contributed by atoms with Gasteiger partial charge < -0.3 is 20.2 Å². The van der Waals surface area contributed by atoms with Crippen molar-refractivity contribution in [1.29, 1.82) is 0 Å². The predicted molar refractivity (Wildman–Crippen MR) is 90.7 cm³/mol. The maximum atomic E-state index is 9.68. The minimum absolute atomic E-state index is 0.0613. The van der Waals surface area contributed by atoms with Crippen LogP contribution in [0.5, 0.6) is 0 Å². The van der Waals surface area contributed by atoms with E-state index in [4.69, 9.17) is 0 Å². The van der Waals surface area contributed by atoms with Crippen molar-refractivity contribution in [1.82, 2.24) is 15.1 Å². The highest BCUT2D eigenvalue weighted by Crippen LogP contribution is 2.17. The molecule has 1 rings (SSSR count). The number of piperazine rings is 1. The van der Waals surface area contributed by atoms with Crippen LogP contribution in [0, 0.1) is 5.92 Å². The Bertz CT molecular complexity index is 259. The minimum Gasteiger partial charge on any atom is -0.394 e. The topological polar surface area (TPSA) is 38.7 Å². The van der Waals surface area contributed by atoms with Crippen LogP contribution >= 0.6 is 0 Å². The van der Waals surface area contributed by atoms with Gasteiger partial charge in [0, 0.05) is 38.3 Å². The summed E-state index contributed by atoms with van der Waals surface area (Å²) >= 11 is 0. The molecule has 0 radical (unpaired) electrons. The van der Waals surface area contributed by atoms with Gasteiger partial charge in [-0.25, -0.2) is 0 Å². The van der Waals surface area contributed by atoms with Crippen molar-refractivity contribution in [3.8, 4) is 0 Å². The number of likely N-dealkylation sites (N-methyl/N-ethyl adjacent to an activating group) is 1. The van der Waals surface area contributed by atoms with Gasteiger partial charge in [-0.1, -0.05) is 27.7 Å². The van der Waals surface area contributed by atoms with Gasteiger partial charge in [0.15, 0.2) is 0 Å². The molecule has 1 unspecified atom stereocenters. The van der Waals surface area contributed by atoms with Gasteiger partial charge in [-0.3, -0.25) is 0 Å². The number of rotatable bonds is 10. The standard InChI is InChI=1S/C17H37N3O/c1-5-17(15-21,18-6-2)8-7-9-19-10-12-20(13-11-19)14-16(3)4/h16,18,21H,5-15H2,1-4H3. The van der Waals surface area contributed by atoms with Gasteiger partial charge in [0.2, 0.25) is 0 Å². The minimum atomic E-state index is -0.0613.